The van der Waals surface area contributed by atoms with Crippen molar-refractivity contribution >= 4 is 0 Å². The molecule has 1 aliphatic rings. The SMILES string of the molecule is COC1C=CC=CC1(C)O. The molecule has 0 aliphatic heterocycles. The van der Waals surface area contributed by atoms with E-state index in [2.05, 4.69) is 0 Å². The second-order valence-electron chi connectivity index (χ2n) is 2.63. The number of rotatable bonds is 1. The van der Waals surface area contributed by atoms with Crippen LogP contribution in [0.25, 0.3) is 0 Å². The lowest BCUT2D eigenvalue weighted by Crippen LogP contribution is -2.38. The Kier molecular flexibility index (Phi) is 1.92. The van der Waals surface area contributed by atoms with Gasteiger partial charge in [0.15, 0.2) is 0 Å². The number of aliphatic hydroxyl groups is 1. The molecular weight excluding hydrogens is 128 g/mol. The number of ether oxygens (including phenoxy) is 1. The van der Waals surface area contributed by atoms with Crippen molar-refractivity contribution in [3.8, 4) is 0 Å². The van der Waals surface area contributed by atoms with Crippen molar-refractivity contribution in [2.75, 3.05) is 7.11 Å². The summed E-state index contributed by atoms with van der Waals surface area (Å²) in [4.78, 5) is 0. The molecule has 2 unspecified atom stereocenters. The Morgan fingerprint density at radius 2 is 2.20 bits per heavy atom. The zero-order chi connectivity index (χ0) is 7.61. The summed E-state index contributed by atoms with van der Waals surface area (Å²) in [6, 6.07) is 0. The molecule has 1 aliphatic carbocycles. The van der Waals surface area contributed by atoms with E-state index in [4.69, 9.17) is 4.74 Å². The number of hydrogen-bond acceptors (Lipinski definition) is 2. The van der Waals surface area contributed by atoms with Gasteiger partial charge in [-0.3, -0.25) is 0 Å². The van der Waals surface area contributed by atoms with Crippen LogP contribution in [0.1, 0.15) is 6.92 Å². The summed E-state index contributed by atoms with van der Waals surface area (Å²) in [5.41, 5.74) is -0.844. The van der Waals surface area contributed by atoms with Crippen LogP contribution in [0.3, 0.4) is 0 Å². The van der Waals surface area contributed by atoms with Gasteiger partial charge < -0.3 is 9.84 Å². The molecule has 56 valence electrons. The van der Waals surface area contributed by atoms with Crippen molar-refractivity contribution in [2.45, 2.75) is 18.6 Å². The van der Waals surface area contributed by atoms with Gasteiger partial charge >= 0.3 is 0 Å². The van der Waals surface area contributed by atoms with E-state index in [1.807, 2.05) is 18.2 Å². The summed E-state index contributed by atoms with van der Waals surface area (Å²) in [5.74, 6) is 0. The van der Waals surface area contributed by atoms with Crippen LogP contribution in [0.4, 0.5) is 0 Å². The van der Waals surface area contributed by atoms with Crippen LogP contribution in [0.2, 0.25) is 0 Å². The molecule has 0 spiro atoms. The average Bonchev–Trinajstić information content (AvgIpc) is 1.87. The third-order valence-electron chi connectivity index (χ3n) is 1.66. The Balaban J connectivity index is 2.74. The van der Waals surface area contributed by atoms with E-state index >= 15 is 0 Å². The summed E-state index contributed by atoms with van der Waals surface area (Å²) < 4.78 is 5.02. The minimum atomic E-state index is -0.844. The van der Waals surface area contributed by atoms with Gasteiger partial charge in [-0.25, -0.2) is 0 Å². The van der Waals surface area contributed by atoms with Crippen LogP contribution in [-0.2, 0) is 4.74 Å². The highest BCUT2D eigenvalue weighted by Gasteiger charge is 2.28. The van der Waals surface area contributed by atoms with E-state index in [9.17, 15) is 5.11 Å². The van der Waals surface area contributed by atoms with Gasteiger partial charge in [0, 0.05) is 7.11 Å². The molecule has 2 atom stereocenters. The minimum Gasteiger partial charge on any atom is -0.383 e. The van der Waals surface area contributed by atoms with Crippen molar-refractivity contribution in [1.82, 2.24) is 0 Å². The maximum Gasteiger partial charge on any atom is 0.110 e. The molecule has 0 aromatic carbocycles. The minimum absolute atomic E-state index is 0.211. The molecule has 0 fully saturated rings. The Labute approximate surface area is 60.8 Å². The summed E-state index contributed by atoms with van der Waals surface area (Å²) in [5, 5.41) is 9.57. The molecule has 0 heterocycles. The average molecular weight is 140 g/mol. The van der Waals surface area contributed by atoms with E-state index in [0.29, 0.717) is 0 Å². The Bertz CT molecular complexity index is 168. The van der Waals surface area contributed by atoms with Crippen LogP contribution < -0.4 is 0 Å². The first-order valence-electron chi connectivity index (χ1n) is 3.28. The highest BCUT2D eigenvalue weighted by atomic mass is 16.5. The predicted octanol–water partition coefficient (Wildman–Crippen LogP) is 0.878. The molecule has 0 aromatic rings. The van der Waals surface area contributed by atoms with Gasteiger partial charge in [0.2, 0.25) is 0 Å². The zero-order valence-electron chi connectivity index (χ0n) is 6.24. The predicted molar refractivity (Wildman–Crippen MR) is 39.7 cm³/mol. The largest absolute Gasteiger partial charge is 0.383 e. The molecule has 10 heavy (non-hydrogen) atoms. The molecule has 0 aromatic heterocycles. The first-order valence-corrected chi connectivity index (χ1v) is 3.28. The van der Waals surface area contributed by atoms with Crippen LogP contribution >= 0.6 is 0 Å². The molecule has 1 rings (SSSR count). The van der Waals surface area contributed by atoms with Gasteiger partial charge in [0.1, 0.15) is 11.7 Å². The lowest BCUT2D eigenvalue weighted by Gasteiger charge is -2.28. The van der Waals surface area contributed by atoms with Crippen molar-refractivity contribution in [3.63, 3.8) is 0 Å². The normalized spacial score (nSPS) is 38.5. The maximum absolute atomic E-state index is 9.57. The fourth-order valence-corrected chi connectivity index (χ4v) is 1.02. The van der Waals surface area contributed by atoms with E-state index in [-0.39, 0.29) is 6.10 Å². The second kappa shape index (κ2) is 2.56. The lowest BCUT2D eigenvalue weighted by molar-refractivity contribution is -0.0255. The summed E-state index contributed by atoms with van der Waals surface area (Å²) in [7, 11) is 1.59. The third-order valence-corrected chi connectivity index (χ3v) is 1.66. The molecule has 0 amide bonds. The number of allylic oxidation sites excluding steroid dienone is 2. The van der Waals surface area contributed by atoms with Gasteiger partial charge in [-0.05, 0) is 6.92 Å². The molecular formula is C8H12O2. The summed E-state index contributed by atoms with van der Waals surface area (Å²) >= 11 is 0. The lowest BCUT2D eigenvalue weighted by atomic mass is 9.95. The van der Waals surface area contributed by atoms with Crippen LogP contribution in [0, 0.1) is 0 Å². The molecule has 0 saturated heterocycles. The Morgan fingerprint density at radius 3 is 2.60 bits per heavy atom. The molecule has 0 radical (unpaired) electrons. The second-order valence-corrected chi connectivity index (χ2v) is 2.63. The van der Waals surface area contributed by atoms with Gasteiger partial charge in [0.25, 0.3) is 0 Å². The smallest absolute Gasteiger partial charge is 0.110 e. The standard InChI is InChI=1S/C8H12O2/c1-8(9)6-4-3-5-7(8)10-2/h3-7,9H,1-2H3. The molecule has 2 nitrogen and oxygen atoms in total. The first kappa shape index (κ1) is 7.51. The van der Waals surface area contributed by atoms with Gasteiger partial charge in [0.05, 0.1) is 0 Å². The van der Waals surface area contributed by atoms with Crippen molar-refractivity contribution in [3.05, 3.63) is 24.3 Å². The summed E-state index contributed by atoms with van der Waals surface area (Å²) in [6.45, 7) is 1.72. The highest BCUT2D eigenvalue weighted by molar-refractivity contribution is 5.21. The van der Waals surface area contributed by atoms with E-state index in [1.165, 1.54) is 0 Å². The van der Waals surface area contributed by atoms with Crippen molar-refractivity contribution < 1.29 is 9.84 Å². The van der Waals surface area contributed by atoms with Crippen molar-refractivity contribution in [1.29, 1.82) is 0 Å². The van der Waals surface area contributed by atoms with E-state index < -0.39 is 5.60 Å². The van der Waals surface area contributed by atoms with E-state index in [1.54, 1.807) is 20.1 Å². The number of methoxy groups -OCH3 is 1. The highest BCUT2D eigenvalue weighted by Crippen LogP contribution is 2.19. The monoisotopic (exact) mass is 140 g/mol. The number of hydrogen-bond donors (Lipinski definition) is 1. The molecule has 1 N–H and O–H groups in total. The van der Waals surface area contributed by atoms with Gasteiger partial charge in [-0.2, -0.15) is 0 Å². The Hall–Kier alpha value is -0.600. The van der Waals surface area contributed by atoms with Crippen molar-refractivity contribution in [2.24, 2.45) is 0 Å². The first-order chi connectivity index (χ1) is 4.67. The zero-order valence-corrected chi connectivity index (χ0v) is 6.24. The van der Waals surface area contributed by atoms with E-state index in [0.717, 1.165) is 0 Å². The third kappa shape index (κ3) is 1.28. The van der Waals surface area contributed by atoms with Gasteiger partial charge in [-0.1, -0.05) is 24.3 Å². The topological polar surface area (TPSA) is 29.5 Å². The molecule has 0 bridgehead atoms. The fourth-order valence-electron chi connectivity index (χ4n) is 1.02. The van der Waals surface area contributed by atoms with Crippen LogP contribution in [0.5, 0.6) is 0 Å². The fraction of sp³-hybridized carbons (Fsp3) is 0.500. The van der Waals surface area contributed by atoms with Crippen LogP contribution in [0.15, 0.2) is 24.3 Å². The van der Waals surface area contributed by atoms with Crippen LogP contribution in [-0.4, -0.2) is 23.9 Å². The Morgan fingerprint density at radius 1 is 1.50 bits per heavy atom. The maximum atomic E-state index is 9.57. The van der Waals surface area contributed by atoms with Gasteiger partial charge in [-0.15, -0.1) is 0 Å². The quantitative estimate of drug-likeness (QED) is 0.585. The molecule has 2 heteroatoms. The molecule has 0 saturated carbocycles. The summed E-state index contributed by atoms with van der Waals surface area (Å²) in [6.07, 6.45) is 7.03.